The molecule has 0 radical (unpaired) electrons. The van der Waals surface area contributed by atoms with Crippen LogP contribution in [0.1, 0.15) is 18.3 Å². The van der Waals surface area contributed by atoms with Crippen molar-refractivity contribution in [1.82, 2.24) is 25.0 Å². The van der Waals surface area contributed by atoms with Crippen molar-refractivity contribution < 1.29 is 0 Å². The topological polar surface area (TPSA) is 62.4 Å². The van der Waals surface area contributed by atoms with Gasteiger partial charge in [0.25, 0.3) is 0 Å². The van der Waals surface area contributed by atoms with E-state index in [1.807, 2.05) is 11.7 Å². The lowest BCUT2D eigenvalue weighted by atomic mass is 9.96. The van der Waals surface area contributed by atoms with Gasteiger partial charge in [-0.3, -0.25) is 25.8 Å². The molecule has 112 valence electrons. The molecule has 2 atom stereocenters. The van der Waals surface area contributed by atoms with Crippen LogP contribution < -0.4 is 11.3 Å². The lowest BCUT2D eigenvalue weighted by Gasteiger charge is -2.50. The smallest absolute Gasteiger partial charge is 0.0624 e. The highest BCUT2D eigenvalue weighted by atomic mass is 15.4. The Morgan fingerprint density at radius 1 is 1.40 bits per heavy atom. The Morgan fingerprint density at radius 2 is 2.15 bits per heavy atom. The van der Waals surface area contributed by atoms with Crippen LogP contribution in [0.25, 0.3) is 0 Å². The number of hydrogen-bond donors (Lipinski definition) is 2. The average molecular weight is 278 g/mol. The van der Waals surface area contributed by atoms with Gasteiger partial charge in [-0.05, 0) is 12.5 Å². The van der Waals surface area contributed by atoms with E-state index in [1.54, 1.807) is 0 Å². The standard InChI is InChI=1S/C14H26N6/c1-3-11-8-12(18(2)17-11)9-13(16-15)14-10-19-4-6-20(14)7-5-19/h8,13-14,16H,3-7,9-10,15H2,1-2H3. The molecule has 0 aromatic carbocycles. The first-order valence-corrected chi connectivity index (χ1v) is 7.65. The molecule has 4 heterocycles. The van der Waals surface area contributed by atoms with Gasteiger partial charge in [0, 0.05) is 64.0 Å². The predicted molar refractivity (Wildman–Crippen MR) is 79.2 cm³/mol. The number of rotatable bonds is 5. The summed E-state index contributed by atoms with van der Waals surface area (Å²) in [5.41, 5.74) is 5.48. The van der Waals surface area contributed by atoms with Crippen LogP contribution in [0.3, 0.4) is 0 Å². The Hall–Kier alpha value is -0.950. The highest BCUT2D eigenvalue weighted by Crippen LogP contribution is 2.20. The molecule has 0 amide bonds. The molecule has 6 nitrogen and oxygen atoms in total. The molecule has 4 rings (SSSR count). The van der Waals surface area contributed by atoms with Gasteiger partial charge in [-0.1, -0.05) is 6.92 Å². The lowest BCUT2D eigenvalue weighted by Crippen LogP contribution is -2.67. The third-order valence-corrected chi connectivity index (χ3v) is 4.82. The van der Waals surface area contributed by atoms with E-state index >= 15 is 0 Å². The molecule has 3 N–H and O–H groups in total. The van der Waals surface area contributed by atoms with E-state index in [0.717, 1.165) is 25.1 Å². The number of piperazine rings is 3. The van der Waals surface area contributed by atoms with Gasteiger partial charge in [0.2, 0.25) is 0 Å². The zero-order valence-electron chi connectivity index (χ0n) is 12.5. The van der Waals surface area contributed by atoms with Gasteiger partial charge < -0.3 is 0 Å². The van der Waals surface area contributed by atoms with E-state index in [0.29, 0.717) is 12.1 Å². The maximum atomic E-state index is 5.85. The highest BCUT2D eigenvalue weighted by molar-refractivity contribution is 5.13. The Labute approximate surface area is 120 Å². The van der Waals surface area contributed by atoms with Crippen LogP contribution in [-0.4, -0.2) is 64.4 Å². The van der Waals surface area contributed by atoms with Crippen molar-refractivity contribution in [2.45, 2.75) is 31.8 Å². The zero-order chi connectivity index (χ0) is 14.1. The van der Waals surface area contributed by atoms with E-state index in [1.165, 1.54) is 31.9 Å². The minimum atomic E-state index is 0.290. The summed E-state index contributed by atoms with van der Waals surface area (Å²) in [5.74, 6) is 5.85. The molecule has 3 saturated heterocycles. The van der Waals surface area contributed by atoms with Crippen LogP contribution in [-0.2, 0) is 19.9 Å². The van der Waals surface area contributed by atoms with Crippen LogP contribution in [0.5, 0.6) is 0 Å². The molecule has 2 unspecified atom stereocenters. The predicted octanol–water partition coefficient (Wildman–Crippen LogP) is -0.643. The fourth-order valence-electron chi connectivity index (χ4n) is 3.51. The molecule has 0 spiro atoms. The summed E-state index contributed by atoms with van der Waals surface area (Å²) in [7, 11) is 2.03. The molecule has 0 aliphatic carbocycles. The number of fused-ring (bicyclic) bond motifs is 3. The molecule has 0 saturated carbocycles. The second kappa shape index (κ2) is 5.81. The highest BCUT2D eigenvalue weighted by Gasteiger charge is 2.36. The Morgan fingerprint density at radius 3 is 2.65 bits per heavy atom. The molecule has 2 bridgehead atoms. The zero-order valence-corrected chi connectivity index (χ0v) is 12.5. The van der Waals surface area contributed by atoms with E-state index < -0.39 is 0 Å². The number of nitrogens with one attached hydrogen (secondary N) is 1. The Kier molecular flexibility index (Phi) is 4.07. The molecule has 1 aromatic rings. The number of nitrogens with zero attached hydrogens (tertiary/aromatic N) is 4. The van der Waals surface area contributed by atoms with Crippen molar-refractivity contribution in [3.8, 4) is 0 Å². The van der Waals surface area contributed by atoms with Crippen molar-refractivity contribution in [2.24, 2.45) is 12.9 Å². The first kappa shape index (κ1) is 14.0. The van der Waals surface area contributed by atoms with Crippen molar-refractivity contribution in [3.05, 3.63) is 17.5 Å². The van der Waals surface area contributed by atoms with Crippen molar-refractivity contribution in [1.29, 1.82) is 0 Å². The van der Waals surface area contributed by atoms with Gasteiger partial charge in [0.05, 0.1) is 5.69 Å². The van der Waals surface area contributed by atoms with Gasteiger partial charge in [0.15, 0.2) is 0 Å². The molecule has 3 fully saturated rings. The van der Waals surface area contributed by atoms with Crippen LogP contribution in [0.15, 0.2) is 6.07 Å². The van der Waals surface area contributed by atoms with Gasteiger partial charge in [-0.2, -0.15) is 5.10 Å². The van der Waals surface area contributed by atoms with Crippen LogP contribution >= 0.6 is 0 Å². The second-order valence-electron chi connectivity index (χ2n) is 5.99. The lowest BCUT2D eigenvalue weighted by molar-refractivity contribution is -0.00339. The maximum absolute atomic E-state index is 5.85. The van der Waals surface area contributed by atoms with Crippen LogP contribution in [0.4, 0.5) is 0 Å². The first-order valence-electron chi connectivity index (χ1n) is 7.65. The van der Waals surface area contributed by atoms with Gasteiger partial charge in [0.1, 0.15) is 0 Å². The summed E-state index contributed by atoms with van der Waals surface area (Å²) in [6, 6.07) is 3.02. The quantitative estimate of drug-likeness (QED) is 0.554. The summed E-state index contributed by atoms with van der Waals surface area (Å²) in [6.45, 7) is 8.04. The van der Waals surface area contributed by atoms with Crippen molar-refractivity contribution >= 4 is 0 Å². The third kappa shape index (κ3) is 2.61. The number of aryl methyl sites for hydroxylation is 2. The van der Waals surface area contributed by atoms with E-state index in [9.17, 15) is 0 Å². The minimum Gasteiger partial charge on any atom is -0.299 e. The van der Waals surface area contributed by atoms with E-state index in [-0.39, 0.29) is 0 Å². The largest absolute Gasteiger partial charge is 0.299 e. The summed E-state index contributed by atoms with van der Waals surface area (Å²) in [4.78, 5) is 5.14. The molecule has 3 aliphatic rings. The molecular weight excluding hydrogens is 252 g/mol. The molecule has 3 aliphatic heterocycles. The fraction of sp³-hybridized carbons (Fsp3) is 0.786. The number of nitrogens with two attached hydrogens (primary N) is 1. The van der Waals surface area contributed by atoms with E-state index in [2.05, 4.69) is 33.3 Å². The maximum Gasteiger partial charge on any atom is 0.0624 e. The Bertz CT molecular complexity index is 449. The van der Waals surface area contributed by atoms with Crippen molar-refractivity contribution in [3.63, 3.8) is 0 Å². The van der Waals surface area contributed by atoms with Crippen LogP contribution in [0, 0.1) is 0 Å². The summed E-state index contributed by atoms with van der Waals surface area (Å²) in [5, 5.41) is 4.53. The van der Waals surface area contributed by atoms with Gasteiger partial charge >= 0.3 is 0 Å². The monoisotopic (exact) mass is 278 g/mol. The molecule has 6 heteroatoms. The fourth-order valence-corrected chi connectivity index (χ4v) is 3.51. The molecule has 1 aromatic heterocycles. The van der Waals surface area contributed by atoms with E-state index in [4.69, 9.17) is 5.84 Å². The van der Waals surface area contributed by atoms with Gasteiger partial charge in [-0.15, -0.1) is 0 Å². The number of aromatic nitrogens is 2. The van der Waals surface area contributed by atoms with Crippen molar-refractivity contribution in [2.75, 3.05) is 32.7 Å². The molecular formula is C14H26N6. The Balaban J connectivity index is 1.71. The number of hydrogen-bond acceptors (Lipinski definition) is 5. The summed E-state index contributed by atoms with van der Waals surface area (Å²) >= 11 is 0. The average Bonchev–Trinajstić information content (AvgIpc) is 2.86. The molecule has 20 heavy (non-hydrogen) atoms. The summed E-state index contributed by atoms with van der Waals surface area (Å²) < 4.78 is 2.00. The second-order valence-corrected chi connectivity index (χ2v) is 5.99. The van der Waals surface area contributed by atoms with Gasteiger partial charge in [-0.25, -0.2) is 0 Å². The SMILES string of the molecule is CCc1cc(CC(NN)C2CN3CCN2CC3)n(C)n1. The summed E-state index contributed by atoms with van der Waals surface area (Å²) in [6.07, 6.45) is 1.92. The minimum absolute atomic E-state index is 0.290. The third-order valence-electron chi connectivity index (χ3n) is 4.82. The van der Waals surface area contributed by atoms with Crippen LogP contribution in [0.2, 0.25) is 0 Å². The number of hydrazine groups is 1. The normalized spacial score (nSPS) is 30.6. The first-order chi connectivity index (χ1) is 9.71.